The third-order valence-electron chi connectivity index (χ3n) is 3.95. The summed E-state index contributed by atoms with van der Waals surface area (Å²) in [5.74, 6) is -0.203. The number of aromatic hydroxyl groups is 2. The molecule has 0 aliphatic carbocycles. The molecule has 0 aromatic heterocycles. The average molecular weight is 310 g/mol. The number of hydrogen-bond acceptors (Lipinski definition) is 4. The van der Waals surface area contributed by atoms with Crippen molar-refractivity contribution < 1.29 is 15.0 Å². The fourth-order valence-corrected chi connectivity index (χ4v) is 2.86. The van der Waals surface area contributed by atoms with E-state index in [2.05, 4.69) is 5.10 Å². The normalized spacial score (nSPS) is 17.2. The van der Waals surface area contributed by atoms with Gasteiger partial charge in [0, 0.05) is 25.0 Å². The van der Waals surface area contributed by atoms with Gasteiger partial charge in [0.25, 0.3) is 0 Å². The summed E-state index contributed by atoms with van der Waals surface area (Å²) in [4.78, 5) is 11.9. The third-order valence-corrected chi connectivity index (χ3v) is 3.95. The van der Waals surface area contributed by atoms with E-state index in [1.165, 1.54) is 24.1 Å². The molecule has 3 rings (SSSR count). The Hall–Kier alpha value is -2.82. The monoisotopic (exact) mass is 310 g/mol. The molecule has 1 heterocycles. The van der Waals surface area contributed by atoms with Crippen LogP contribution in [0.15, 0.2) is 47.6 Å². The molecule has 2 aromatic rings. The summed E-state index contributed by atoms with van der Waals surface area (Å²) in [6, 6.07) is 12.2. The lowest BCUT2D eigenvalue weighted by molar-refractivity contribution is -0.130. The second-order valence-corrected chi connectivity index (χ2v) is 5.75. The van der Waals surface area contributed by atoms with Gasteiger partial charge in [-0.25, -0.2) is 5.01 Å². The number of phenolic OH excluding ortho intramolecular Hbond substituents is 2. The van der Waals surface area contributed by atoms with Crippen LogP contribution in [0.2, 0.25) is 0 Å². The maximum absolute atomic E-state index is 11.9. The smallest absolute Gasteiger partial charge is 0.240 e. The molecule has 0 radical (unpaired) electrons. The van der Waals surface area contributed by atoms with Gasteiger partial charge in [-0.3, -0.25) is 4.79 Å². The predicted molar refractivity (Wildman–Crippen MR) is 87.4 cm³/mol. The minimum Gasteiger partial charge on any atom is -0.508 e. The van der Waals surface area contributed by atoms with Crippen LogP contribution in [-0.2, 0) is 4.79 Å². The molecule has 5 nitrogen and oxygen atoms in total. The van der Waals surface area contributed by atoms with E-state index < -0.39 is 0 Å². The van der Waals surface area contributed by atoms with E-state index in [0.717, 1.165) is 11.1 Å². The van der Waals surface area contributed by atoms with Gasteiger partial charge in [0.2, 0.25) is 5.91 Å². The van der Waals surface area contributed by atoms with Crippen molar-refractivity contribution in [3.8, 4) is 11.5 Å². The number of hydrogen-bond donors (Lipinski definition) is 2. The number of nitrogens with zero attached hydrogens (tertiary/aromatic N) is 2. The number of hydrazone groups is 1. The molecule has 1 atom stereocenters. The van der Waals surface area contributed by atoms with E-state index in [-0.39, 0.29) is 23.4 Å². The number of benzene rings is 2. The molecule has 0 spiro atoms. The van der Waals surface area contributed by atoms with E-state index in [0.29, 0.717) is 17.7 Å². The summed E-state index contributed by atoms with van der Waals surface area (Å²) >= 11 is 0. The SMILES string of the molecule is CC(=O)N1N=C(c2ccc(O)cc2O)CC1c1cccc(C)c1. The number of amides is 1. The van der Waals surface area contributed by atoms with Gasteiger partial charge in [-0.2, -0.15) is 5.10 Å². The van der Waals surface area contributed by atoms with Crippen molar-refractivity contribution in [1.29, 1.82) is 0 Å². The summed E-state index contributed by atoms with van der Waals surface area (Å²) < 4.78 is 0. The Labute approximate surface area is 134 Å². The standard InChI is InChI=1S/C18H18N2O3/c1-11-4-3-5-13(8-11)17-10-16(19-20(17)12(2)21)15-7-6-14(22)9-18(15)23/h3-9,17,22-23H,10H2,1-2H3. The zero-order valence-corrected chi connectivity index (χ0v) is 13.0. The maximum atomic E-state index is 11.9. The lowest BCUT2D eigenvalue weighted by atomic mass is 9.97. The minimum atomic E-state index is -0.185. The van der Waals surface area contributed by atoms with Crippen LogP contribution in [0.5, 0.6) is 11.5 Å². The molecule has 118 valence electrons. The Balaban J connectivity index is 1.99. The highest BCUT2D eigenvalue weighted by atomic mass is 16.3. The largest absolute Gasteiger partial charge is 0.508 e. The Morgan fingerprint density at radius 3 is 2.65 bits per heavy atom. The fraction of sp³-hybridized carbons (Fsp3) is 0.222. The van der Waals surface area contributed by atoms with Crippen LogP contribution in [0.1, 0.15) is 36.1 Å². The van der Waals surface area contributed by atoms with Crippen LogP contribution < -0.4 is 0 Å². The van der Waals surface area contributed by atoms with Crippen molar-refractivity contribution in [1.82, 2.24) is 5.01 Å². The van der Waals surface area contributed by atoms with Crippen molar-refractivity contribution in [2.24, 2.45) is 5.10 Å². The van der Waals surface area contributed by atoms with Crippen molar-refractivity contribution in [3.05, 3.63) is 59.2 Å². The summed E-state index contributed by atoms with van der Waals surface area (Å²) in [7, 11) is 0. The van der Waals surface area contributed by atoms with E-state index >= 15 is 0 Å². The second kappa shape index (κ2) is 5.76. The first-order valence-electron chi connectivity index (χ1n) is 7.42. The van der Waals surface area contributed by atoms with E-state index in [4.69, 9.17) is 0 Å². The first kappa shape index (κ1) is 15.1. The molecule has 23 heavy (non-hydrogen) atoms. The average Bonchev–Trinajstić information content (AvgIpc) is 2.92. The number of phenols is 2. The Kier molecular flexibility index (Phi) is 3.78. The van der Waals surface area contributed by atoms with Crippen molar-refractivity contribution in [2.75, 3.05) is 0 Å². The van der Waals surface area contributed by atoms with Gasteiger partial charge < -0.3 is 10.2 Å². The number of rotatable bonds is 2. The van der Waals surface area contributed by atoms with Gasteiger partial charge in [-0.1, -0.05) is 29.8 Å². The summed E-state index contributed by atoms with van der Waals surface area (Å²) in [6.07, 6.45) is 0.515. The van der Waals surface area contributed by atoms with Gasteiger partial charge in [-0.05, 0) is 24.6 Å². The molecule has 0 saturated heterocycles. The molecule has 1 aliphatic rings. The lowest BCUT2D eigenvalue weighted by Crippen LogP contribution is -2.24. The van der Waals surface area contributed by atoms with E-state index in [1.54, 1.807) is 6.07 Å². The highest BCUT2D eigenvalue weighted by Gasteiger charge is 2.32. The molecular formula is C18H18N2O3. The minimum absolute atomic E-state index is 0.0106. The highest BCUT2D eigenvalue weighted by molar-refractivity contribution is 6.05. The zero-order valence-electron chi connectivity index (χ0n) is 13.0. The zero-order chi connectivity index (χ0) is 16.6. The van der Waals surface area contributed by atoms with Crippen LogP contribution >= 0.6 is 0 Å². The first-order valence-corrected chi connectivity index (χ1v) is 7.42. The Morgan fingerprint density at radius 2 is 2.00 bits per heavy atom. The van der Waals surface area contributed by atoms with Crippen LogP contribution in [0, 0.1) is 6.92 Å². The maximum Gasteiger partial charge on any atom is 0.240 e. The quantitative estimate of drug-likeness (QED) is 0.895. The molecular weight excluding hydrogens is 292 g/mol. The first-order chi connectivity index (χ1) is 11.0. The summed E-state index contributed by atoms with van der Waals surface area (Å²) in [5.41, 5.74) is 3.29. The topological polar surface area (TPSA) is 73.1 Å². The van der Waals surface area contributed by atoms with Crippen LogP contribution in [-0.4, -0.2) is 26.8 Å². The van der Waals surface area contributed by atoms with Crippen LogP contribution in [0.3, 0.4) is 0 Å². The van der Waals surface area contributed by atoms with Gasteiger partial charge in [0.05, 0.1) is 11.8 Å². The van der Waals surface area contributed by atoms with E-state index in [9.17, 15) is 15.0 Å². The highest BCUT2D eigenvalue weighted by Crippen LogP contribution is 2.35. The molecule has 5 heteroatoms. The molecule has 1 amide bonds. The number of aryl methyl sites for hydroxylation is 1. The van der Waals surface area contributed by atoms with Gasteiger partial charge >= 0.3 is 0 Å². The molecule has 0 fully saturated rings. The third kappa shape index (κ3) is 2.90. The molecule has 2 aromatic carbocycles. The Morgan fingerprint density at radius 1 is 1.22 bits per heavy atom. The fourth-order valence-electron chi connectivity index (χ4n) is 2.86. The molecule has 1 aliphatic heterocycles. The van der Waals surface area contributed by atoms with Gasteiger partial charge in [-0.15, -0.1) is 0 Å². The van der Waals surface area contributed by atoms with Gasteiger partial charge in [0.15, 0.2) is 0 Å². The lowest BCUT2D eigenvalue weighted by Gasteiger charge is -2.20. The number of carbonyl (C=O) groups is 1. The van der Waals surface area contributed by atoms with Crippen molar-refractivity contribution >= 4 is 11.6 Å². The predicted octanol–water partition coefficient (Wildman–Crippen LogP) is 3.10. The second-order valence-electron chi connectivity index (χ2n) is 5.75. The van der Waals surface area contributed by atoms with E-state index in [1.807, 2.05) is 31.2 Å². The Bertz CT molecular complexity index is 799. The van der Waals surface area contributed by atoms with Crippen LogP contribution in [0.25, 0.3) is 0 Å². The molecule has 0 saturated carbocycles. The van der Waals surface area contributed by atoms with Crippen molar-refractivity contribution in [2.45, 2.75) is 26.3 Å². The van der Waals surface area contributed by atoms with Crippen LogP contribution in [0.4, 0.5) is 0 Å². The summed E-state index contributed by atoms with van der Waals surface area (Å²) in [5, 5.41) is 25.3. The molecule has 2 N–H and O–H groups in total. The molecule has 0 bridgehead atoms. The van der Waals surface area contributed by atoms with Gasteiger partial charge in [0.1, 0.15) is 11.5 Å². The van der Waals surface area contributed by atoms with Crippen molar-refractivity contribution in [3.63, 3.8) is 0 Å². The summed E-state index contributed by atoms with van der Waals surface area (Å²) in [6.45, 7) is 3.48. The number of carbonyl (C=O) groups excluding carboxylic acids is 1. The molecule has 1 unspecified atom stereocenters.